The number of carbonyl (C=O) groups excluding carboxylic acids is 2. The molecule has 0 heterocycles. The van der Waals surface area contributed by atoms with Gasteiger partial charge in [0.25, 0.3) is 0 Å². The first-order chi connectivity index (χ1) is 15.3. The van der Waals surface area contributed by atoms with Crippen molar-refractivity contribution in [1.29, 1.82) is 0 Å². The highest BCUT2D eigenvalue weighted by Crippen LogP contribution is 2.24. The average molecular weight is 477 g/mol. The van der Waals surface area contributed by atoms with E-state index >= 15 is 0 Å². The second kappa shape index (κ2) is 12.9. The number of halogens is 2. The Labute approximate surface area is 202 Å². The van der Waals surface area contributed by atoms with Gasteiger partial charge in [-0.3, -0.25) is 9.59 Å². The number of hydrogen-bond acceptors (Lipinski definition) is 2. The van der Waals surface area contributed by atoms with Crippen molar-refractivity contribution in [2.45, 2.75) is 78.4 Å². The van der Waals surface area contributed by atoms with E-state index in [1.165, 1.54) is 5.56 Å². The summed E-state index contributed by atoms with van der Waals surface area (Å²) in [4.78, 5) is 28.0. The quantitative estimate of drug-likeness (QED) is 0.418. The lowest BCUT2D eigenvalue weighted by Crippen LogP contribution is -2.50. The van der Waals surface area contributed by atoms with Crippen LogP contribution in [0.15, 0.2) is 42.5 Å². The minimum atomic E-state index is -0.548. The topological polar surface area (TPSA) is 49.4 Å². The van der Waals surface area contributed by atoms with Gasteiger partial charge in [-0.25, -0.2) is 0 Å². The average Bonchev–Trinajstić information content (AvgIpc) is 2.79. The number of amides is 2. The van der Waals surface area contributed by atoms with Crippen LogP contribution in [0.4, 0.5) is 0 Å². The molecule has 1 N–H and O–H groups in total. The summed E-state index contributed by atoms with van der Waals surface area (Å²) in [6.07, 6.45) is 3.31. The van der Waals surface area contributed by atoms with E-state index in [-0.39, 0.29) is 17.9 Å². The predicted octanol–water partition coefficient (Wildman–Crippen LogP) is 6.21. The lowest BCUT2D eigenvalue weighted by atomic mass is 10.0. The summed E-state index contributed by atoms with van der Waals surface area (Å²) in [5.74, 6) is -0.177. The molecule has 0 radical (unpaired) electrons. The molecule has 2 aromatic carbocycles. The zero-order valence-corrected chi connectivity index (χ0v) is 21.0. The first-order valence-corrected chi connectivity index (χ1v) is 12.2. The van der Waals surface area contributed by atoms with Crippen molar-refractivity contribution in [1.82, 2.24) is 10.2 Å². The van der Waals surface area contributed by atoms with E-state index in [1.54, 1.807) is 17.0 Å². The third kappa shape index (κ3) is 7.53. The van der Waals surface area contributed by atoms with Gasteiger partial charge in [-0.05, 0) is 61.4 Å². The maximum Gasteiger partial charge on any atom is 0.243 e. The molecule has 0 aliphatic heterocycles. The smallest absolute Gasteiger partial charge is 0.243 e. The van der Waals surface area contributed by atoms with Crippen LogP contribution >= 0.6 is 23.2 Å². The molecule has 0 unspecified atom stereocenters. The molecule has 2 atom stereocenters. The summed E-state index contributed by atoms with van der Waals surface area (Å²) >= 11 is 12.2. The maximum atomic E-state index is 13.3. The fraction of sp³-hybridized carbons (Fsp3) is 0.462. The van der Waals surface area contributed by atoms with Gasteiger partial charge in [0.2, 0.25) is 11.8 Å². The Balaban J connectivity index is 2.22. The van der Waals surface area contributed by atoms with Crippen molar-refractivity contribution in [2.75, 3.05) is 0 Å². The van der Waals surface area contributed by atoms with Crippen molar-refractivity contribution in [3.05, 3.63) is 69.2 Å². The van der Waals surface area contributed by atoms with Crippen LogP contribution in [0.25, 0.3) is 0 Å². The Kier molecular flexibility index (Phi) is 10.5. The van der Waals surface area contributed by atoms with Crippen LogP contribution in [0.3, 0.4) is 0 Å². The molecule has 0 aliphatic rings. The van der Waals surface area contributed by atoms with Crippen molar-refractivity contribution < 1.29 is 9.59 Å². The number of rotatable bonds is 11. The summed E-state index contributed by atoms with van der Waals surface area (Å²) < 4.78 is 0. The van der Waals surface area contributed by atoms with E-state index in [2.05, 4.69) is 36.5 Å². The molecule has 0 spiro atoms. The summed E-state index contributed by atoms with van der Waals surface area (Å²) in [7, 11) is 0. The van der Waals surface area contributed by atoms with Gasteiger partial charge in [0.05, 0.1) is 10.0 Å². The van der Waals surface area contributed by atoms with Crippen molar-refractivity contribution in [3.8, 4) is 0 Å². The largest absolute Gasteiger partial charge is 0.352 e. The highest BCUT2D eigenvalue weighted by Gasteiger charge is 2.29. The summed E-state index contributed by atoms with van der Waals surface area (Å²) in [5.41, 5.74) is 3.23. The van der Waals surface area contributed by atoms with Crippen LogP contribution in [0.2, 0.25) is 10.0 Å². The van der Waals surface area contributed by atoms with Crippen LogP contribution < -0.4 is 5.32 Å². The number of carbonyl (C=O) groups is 2. The van der Waals surface area contributed by atoms with Gasteiger partial charge in [-0.1, -0.05) is 74.3 Å². The Morgan fingerprint density at radius 2 is 1.53 bits per heavy atom. The minimum absolute atomic E-state index is 0.0514. The lowest BCUT2D eigenvalue weighted by molar-refractivity contribution is -0.141. The SMILES string of the molecule is CCc1ccc(CCC(=O)N(Cc2ccc(Cl)c(Cl)c2)[C@H](CC)C(=O)N[C@H](C)CC)cc1. The first kappa shape index (κ1) is 26.2. The van der Waals surface area contributed by atoms with E-state index < -0.39 is 6.04 Å². The monoisotopic (exact) mass is 476 g/mol. The standard InChI is InChI=1S/C26H34Cl2N2O2/c1-5-18(4)29-26(32)24(7-3)30(17-21-12-14-22(27)23(28)16-21)25(31)15-13-20-10-8-19(6-2)9-11-20/h8-12,14,16,18,24H,5-7,13,15,17H2,1-4H3,(H,29,32)/t18-,24-/m1/s1. The molecule has 0 aliphatic carbocycles. The van der Waals surface area contributed by atoms with Gasteiger partial charge in [0.15, 0.2) is 0 Å². The molecular weight excluding hydrogens is 443 g/mol. The van der Waals surface area contributed by atoms with Crippen LogP contribution in [-0.4, -0.2) is 28.8 Å². The number of benzene rings is 2. The zero-order chi connectivity index (χ0) is 23.7. The van der Waals surface area contributed by atoms with Gasteiger partial charge in [0, 0.05) is 19.0 Å². The van der Waals surface area contributed by atoms with Crippen molar-refractivity contribution in [3.63, 3.8) is 0 Å². The van der Waals surface area contributed by atoms with E-state index in [4.69, 9.17) is 23.2 Å². The molecule has 0 bridgehead atoms. The molecule has 2 rings (SSSR count). The van der Waals surface area contributed by atoms with E-state index in [0.717, 1.165) is 24.0 Å². The van der Waals surface area contributed by atoms with Gasteiger partial charge in [-0.2, -0.15) is 0 Å². The van der Waals surface area contributed by atoms with Crippen LogP contribution in [0, 0.1) is 0 Å². The molecule has 0 fully saturated rings. The van der Waals surface area contributed by atoms with Crippen LogP contribution in [0.1, 0.15) is 63.6 Å². The number of hydrogen-bond donors (Lipinski definition) is 1. The van der Waals surface area contributed by atoms with Crippen LogP contribution in [-0.2, 0) is 29.0 Å². The van der Waals surface area contributed by atoms with E-state index in [0.29, 0.717) is 35.9 Å². The predicted molar refractivity (Wildman–Crippen MR) is 133 cm³/mol. The molecule has 0 aromatic heterocycles. The third-order valence-electron chi connectivity index (χ3n) is 5.78. The maximum absolute atomic E-state index is 13.3. The highest BCUT2D eigenvalue weighted by atomic mass is 35.5. The van der Waals surface area contributed by atoms with Gasteiger partial charge in [0.1, 0.15) is 6.04 Å². The van der Waals surface area contributed by atoms with Gasteiger partial charge >= 0.3 is 0 Å². The Morgan fingerprint density at radius 1 is 0.906 bits per heavy atom. The number of nitrogens with one attached hydrogen (secondary N) is 1. The van der Waals surface area contributed by atoms with Gasteiger partial charge in [-0.15, -0.1) is 0 Å². The zero-order valence-electron chi connectivity index (χ0n) is 19.5. The fourth-order valence-electron chi connectivity index (χ4n) is 3.53. The molecule has 2 aromatic rings. The third-order valence-corrected chi connectivity index (χ3v) is 6.52. The Bertz CT molecular complexity index is 899. The number of nitrogens with zero attached hydrogens (tertiary/aromatic N) is 1. The number of aryl methyl sites for hydroxylation is 2. The summed E-state index contributed by atoms with van der Waals surface area (Å²) in [5, 5.41) is 3.93. The van der Waals surface area contributed by atoms with Gasteiger partial charge < -0.3 is 10.2 Å². The van der Waals surface area contributed by atoms with Crippen molar-refractivity contribution >= 4 is 35.0 Å². The second-order valence-electron chi connectivity index (χ2n) is 8.18. The first-order valence-electron chi connectivity index (χ1n) is 11.4. The summed E-state index contributed by atoms with van der Waals surface area (Å²) in [6, 6.07) is 13.2. The molecule has 0 saturated carbocycles. The molecule has 6 heteroatoms. The van der Waals surface area contributed by atoms with E-state index in [1.807, 2.05) is 26.8 Å². The second-order valence-corrected chi connectivity index (χ2v) is 9.00. The summed E-state index contributed by atoms with van der Waals surface area (Å²) in [6.45, 7) is 8.34. The molecule has 4 nitrogen and oxygen atoms in total. The van der Waals surface area contributed by atoms with E-state index in [9.17, 15) is 9.59 Å². The Morgan fingerprint density at radius 3 is 2.09 bits per heavy atom. The molecular formula is C26H34Cl2N2O2. The Hall–Kier alpha value is -2.04. The molecule has 32 heavy (non-hydrogen) atoms. The highest BCUT2D eigenvalue weighted by molar-refractivity contribution is 6.42. The normalized spacial score (nSPS) is 12.8. The molecule has 2 amide bonds. The molecule has 0 saturated heterocycles. The minimum Gasteiger partial charge on any atom is -0.352 e. The molecule has 174 valence electrons. The fourth-order valence-corrected chi connectivity index (χ4v) is 3.85. The van der Waals surface area contributed by atoms with Crippen molar-refractivity contribution in [2.24, 2.45) is 0 Å². The lowest BCUT2D eigenvalue weighted by Gasteiger charge is -2.31. The van der Waals surface area contributed by atoms with Crippen LogP contribution in [0.5, 0.6) is 0 Å².